The number of ether oxygens (including phenoxy) is 1. The van der Waals surface area contributed by atoms with Crippen LogP contribution in [0.25, 0.3) is 0 Å². The smallest absolute Gasteiger partial charge is 0.338 e. The van der Waals surface area contributed by atoms with Crippen molar-refractivity contribution in [2.45, 2.75) is 24.5 Å². The summed E-state index contributed by atoms with van der Waals surface area (Å²) in [7, 11) is 0.736. The van der Waals surface area contributed by atoms with Crippen molar-refractivity contribution in [2.75, 3.05) is 21.1 Å². The van der Waals surface area contributed by atoms with E-state index in [4.69, 9.17) is 4.74 Å². The number of esters is 1. The van der Waals surface area contributed by atoms with Gasteiger partial charge in [-0.3, -0.25) is 4.79 Å². The highest BCUT2D eigenvalue weighted by Gasteiger charge is 2.23. The molecule has 7 nitrogen and oxygen atoms in total. The van der Waals surface area contributed by atoms with E-state index in [-0.39, 0.29) is 17.0 Å². The summed E-state index contributed by atoms with van der Waals surface area (Å²) in [5.41, 5.74) is 0.729. The lowest BCUT2D eigenvalue weighted by molar-refractivity contribution is -0.139. The van der Waals surface area contributed by atoms with Gasteiger partial charge in [-0.25, -0.2) is 21.9 Å². The fraction of sp³-hybridized carbons (Fsp3) is 0.300. The molecule has 29 heavy (non-hydrogen) atoms. The molecule has 0 N–H and O–H groups in total. The highest BCUT2D eigenvalue weighted by atomic mass is 32.2. The second kappa shape index (κ2) is 9.15. The first-order valence-electron chi connectivity index (χ1n) is 8.75. The molecule has 1 atom stereocenters. The average Bonchev–Trinajstić information content (AvgIpc) is 2.67. The summed E-state index contributed by atoms with van der Waals surface area (Å²) in [6, 6.07) is 11.1. The molecule has 0 bridgehead atoms. The molecule has 0 aliphatic rings. The number of likely N-dealkylation sites (N-methyl/N-ethyl adjacent to an activating group) is 1. The van der Waals surface area contributed by atoms with Crippen LogP contribution in [0.15, 0.2) is 53.4 Å². The molecule has 0 unspecified atom stereocenters. The molecule has 0 saturated carbocycles. The lowest BCUT2D eigenvalue weighted by Crippen LogP contribution is -2.37. The third kappa shape index (κ3) is 5.61. The van der Waals surface area contributed by atoms with Crippen molar-refractivity contribution in [2.24, 2.45) is 0 Å². The Bertz CT molecular complexity index is 990. The lowest BCUT2D eigenvalue weighted by Gasteiger charge is -2.21. The van der Waals surface area contributed by atoms with Crippen LogP contribution in [0, 0.1) is 5.82 Å². The molecule has 9 heteroatoms. The first-order chi connectivity index (χ1) is 13.5. The second-order valence-corrected chi connectivity index (χ2v) is 8.84. The van der Waals surface area contributed by atoms with Gasteiger partial charge < -0.3 is 9.64 Å². The summed E-state index contributed by atoms with van der Waals surface area (Å²) in [6.07, 6.45) is -1.06. The van der Waals surface area contributed by atoms with Gasteiger partial charge in [0, 0.05) is 27.7 Å². The first kappa shape index (κ1) is 22.5. The molecule has 156 valence electrons. The van der Waals surface area contributed by atoms with Crippen molar-refractivity contribution < 1.29 is 27.1 Å². The van der Waals surface area contributed by atoms with Gasteiger partial charge in [0.15, 0.2) is 6.10 Å². The van der Waals surface area contributed by atoms with Crippen LogP contribution in [-0.4, -0.2) is 56.7 Å². The zero-order valence-electron chi connectivity index (χ0n) is 16.6. The number of rotatable bonds is 7. The Morgan fingerprint density at radius 1 is 1.07 bits per heavy atom. The lowest BCUT2D eigenvalue weighted by atomic mass is 10.2. The number of carbonyl (C=O) groups excluding carboxylic acids is 2. The number of halogens is 1. The molecule has 0 radical (unpaired) electrons. The van der Waals surface area contributed by atoms with Crippen molar-refractivity contribution in [3.05, 3.63) is 65.5 Å². The van der Waals surface area contributed by atoms with E-state index in [1.54, 1.807) is 12.1 Å². The summed E-state index contributed by atoms with van der Waals surface area (Å²) >= 11 is 0. The fourth-order valence-corrected chi connectivity index (χ4v) is 3.45. The third-order valence-electron chi connectivity index (χ3n) is 4.19. The Hall–Kier alpha value is -2.78. The van der Waals surface area contributed by atoms with Crippen molar-refractivity contribution in [1.29, 1.82) is 0 Å². The Morgan fingerprint density at radius 2 is 1.69 bits per heavy atom. The highest BCUT2D eigenvalue weighted by Crippen LogP contribution is 2.15. The number of amides is 1. The van der Waals surface area contributed by atoms with Crippen LogP contribution >= 0.6 is 0 Å². The minimum atomic E-state index is -3.61. The van der Waals surface area contributed by atoms with Crippen LogP contribution in [-0.2, 0) is 26.1 Å². The van der Waals surface area contributed by atoms with Gasteiger partial charge >= 0.3 is 5.97 Å². The van der Waals surface area contributed by atoms with E-state index in [0.29, 0.717) is 5.56 Å². The molecule has 1 amide bonds. The SMILES string of the molecule is C[C@@H](OC(=O)c1ccc(S(=O)(=O)N(C)C)cc1)C(=O)N(C)Cc1cccc(F)c1. The van der Waals surface area contributed by atoms with Gasteiger partial charge in [0.05, 0.1) is 10.5 Å². The zero-order chi connectivity index (χ0) is 21.8. The normalized spacial score (nSPS) is 12.5. The molecule has 2 aromatic rings. The zero-order valence-corrected chi connectivity index (χ0v) is 17.4. The molecule has 0 fully saturated rings. The van der Waals surface area contributed by atoms with Gasteiger partial charge in [0.1, 0.15) is 5.82 Å². The maximum Gasteiger partial charge on any atom is 0.338 e. The Morgan fingerprint density at radius 3 is 2.24 bits per heavy atom. The third-order valence-corrected chi connectivity index (χ3v) is 6.01. The molecule has 0 saturated heterocycles. The molecule has 0 heterocycles. The quantitative estimate of drug-likeness (QED) is 0.639. The molecule has 0 spiro atoms. The van der Waals surface area contributed by atoms with Gasteiger partial charge in [-0.2, -0.15) is 0 Å². The highest BCUT2D eigenvalue weighted by molar-refractivity contribution is 7.89. The van der Waals surface area contributed by atoms with Crippen LogP contribution in [0.2, 0.25) is 0 Å². The minimum absolute atomic E-state index is 0.0398. The largest absolute Gasteiger partial charge is 0.449 e. The van der Waals surface area contributed by atoms with Crippen LogP contribution in [0.3, 0.4) is 0 Å². The predicted molar refractivity (Wildman–Crippen MR) is 105 cm³/mol. The van der Waals surface area contributed by atoms with Gasteiger partial charge in [-0.15, -0.1) is 0 Å². The monoisotopic (exact) mass is 422 g/mol. The van der Waals surface area contributed by atoms with Crippen molar-refractivity contribution in [1.82, 2.24) is 9.21 Å². The molecular formula is C20H23FN2O5S. The Kier molecular flexibility index (Phi) is 7.10. The van der Waals surface area contributed by atoms with Crippen LogP contribution < -0.4 is 0 Å². The van der Waals surface area contributed by atoms with Crippen molar-refractivity contribution >= 4 is 21.9 Å². The number of carbonyl (C=O) groups is 2. The number of hydrogen-bond donors (Lipinski definition) is 0. The van der Waals surface area contributed by atoms with Crippen LogP contribution in [0.5, 0.6) is 0 Å². The topological polar surface area (TPSA) is 84.0 Å². The van der Waals surface area contributed by atoms with Gasteiger partial charge in [-0.05, 0) is 48.9 Å². The second-order valence-electron chi connectivity index (χ2n) is 6.68. The first-order valence-corrected chi connectivity index (χ1v) is 10.2. The fourth-order valence-electron chi connectivity index (χ4n) is 2.55. The Balaban J connectivity index is 2.01. The molecule has 2 rings (SSSR count). The number of sulfonamides is 1. The van der Waals surface area contributed by atoms with Crippen molar-refractivity contribution in [3.8, 4) is 0 Å². The van der Waals surface area contributed by atoms with E-state index >= 15 is 0 Å². The molecule has 0 aromatic heterocycles. The number of benzene rings is 2. The maximum absolute atomic E-state index is 13.3. The minimum Gasteiger partial charge on any atom is -0.449 e. The number of nitrogens with zero attached hydrogens (tertiary/aromatic N) is 2. The molecule has 0 aliphatic heterocycles. The molecule has 2 aromatic carbocycles. The average molecular weight is 422 g/mol. The van der Waals surface area contributed by atoms with E-state index in [9.17, 15) is 22.4 Å². The molecular weight excluding hydrogens is 399 g/mol. The summed E-state index contributed by atoms with van der Waals surface area (Å²) < 4.78 is 43.6. The predicted octanol–water partition coefficient (Wildman–Crippen LogP) is 2.28. The van der Waals surface area contributed by atoms with Gasteiger partial charge in [0.25, 0.3) is 5.91 Å². The summed E-state index contributed by atoms with van der Waals surface area (Å²) in [5, 5.41) is 0. The van der Waals surface area contributed by atoms with E-state index in [1.165, 1.54) is 69.4 Å². The van der Waals surface area contributed by atoms with Crippen LogP contribution in [0.1, 0.15) is 22.8 Å². The van der Waals surface area contributed by atoms with E-state index in [1.807, 2.05) is 0 Å². The number of hydrogen-bond acceptors (Lipinski definition) is 5. The van der Waals surface area contributed by atoms with E-state index in [0.717, 1.165) is 4.31 Å². The van der Waals surface area contributed by atoms with E-state index < -0.39 is 33.8 Å². The Labute approximate surface area is 169 Å². The van der Waals surface area contributed by atoms with Gasteiger partial charge in [-0.1, -0.05) is 12.1 Å². The summed E-state index contributed by atoms with van der Waals surface area (Å²) in [6.45, 7) is 1.60. The summed E-state index contributed by atoms with van der Waals surface area (Å²) in [5.74, 6) is -1.60. The molecule has 0 aliphatic carbocycles. The van der Waals surface area contributed by atoms with Crippen molar-refractivity contribution in [3.63, 3.8) is 0 Å². The van der Waals surface area contributed by atoms with E-state index in [2.05, 4.69) is 0 Å². The summed E-state index contributed by atoms with van der Waals surface area (Å²) in [4.78, 5) is 26.1. The van der Waals surface area contributed by atoms with Gasteiger partial charge in [0.2, 0.25) is 10.0 Å². The van der Waals surface area contributed by atoms with Crippen LogP contribution in [0.4, 0.5) is 4.39 Å². The standard InChI is InChI=1S/C20H23FN2O5S/c1-14(19(24)23(4)13-15-6-5-7-17(21)12-15)28-20(25)16-8-10-18(11-9-16)29(26,27)22(2)3/h5-12,14H,13H2,1-4H3/t14-/m1/s1. The maximum atomic E-state index is 13.3.